The highest BCUT2D eigenvalue weighted by Crippen LogP contribution is 2.31. The van der Waals surface area contributed by atoms with Gasteiger partial charge in [0.05, 0.1) is 18.4 Å². The average molecular weight is 313 g/mol. The van der Waals surface area contributed by atoms with Crippen molar-refractivity contribution in [1.82, 2.24) is 15.3 Å². The van der Waals surface area contributed by atoms with Crippen molar-refractivity contribution in [3.8, 4) is 17.0 Å². The van der Waals surface area contributed by atoms with E-state index in [4.69, 9.17) is 10.5 Å². The van der Waals surface area contributed by atoms with Gasteiger partial charge in [0.2, 0.25) is 5.95 Å². The minimum Gasteiger partial charge on any atom is -0.496 e. The molecule has 1 aliphatic heterocycles. The van der Waals surface area contributed by atoms with Crippen LogP contribution in [0, 0.1) is 0 Å². The number of carbonyl (C=O) groups excluding carboxylic acids is 1. The van der Waals surface area contributed by atoms with Crippen molar-refractivity contribution in [2.24, 2.45) is 5.73 Å². The first-order valence-corrected chi connectivity index (χ1v) is 7.46. The summed E-state index contributed by atoms with van der Waals surface area (Å²) in [6, 6.07) is 7.42. The molecule has 0 aliphatic carbocycles. The van der Waals surface area contributed by atoms with Crippen LogP contribution in [-0.2, 0) is 0 Å². The maximum Gasteiger partial charge on any atom is 0.252 e. The summed E-state index contributed by atoms with van der Waals surface area (Å²) in [5.41, 5.74) is 7.00. The van der Waals surface area contributed by atoms with E-state index in [2.05, 4.69) is 20.2 Å². The molecule has 23 heavy (non-hydrogen) atoms. The van der Waals surface area contributed by atoms with E-state index >= 15 is 0 Å². The molecule has 1 aromatic carbocycles. The van der Waals surface area contributed by atoms with E-state index in [1.54, 1.807) is 7.11 Å². The molecule has 7 nitrogen and oxygen atoms in total. The van der Waals surface area contributed by atoms with Gasteiger partial charge in [0.1, 0.15) is 5.75 Å². The molecule has 2 heterocycles. The second-order valence-electron chi connectivity index (χ2n) is 5.23. The minimum absolute atomic E-state index is 0.286. The van der Waals surface area contributed by atoms with Gasteiger partial charge in [0.25, 0.3) is 5.91 Å². The summed E-state index contributed by atoms with van der Waals surface area (Å²) in [7, 11) is 1.58. The number of primary amides is 1. The van der Waals surface area contributed by atoms with Gasteiger partial charge in [-0.1, -0.05) is 12.1 Å². The molecule has 0 atom stereocenters. The highest BCUT2D eigenvalue weighted by molar-refractivity contribution is 5.99. The number of ether oxygens (including phenoxy) is 1. The normalized spacial score (nSPS) is 14.6. The Morgan fingerprint density at radius 3 is 2.74 bits per heavy atom. The summed E-state index contributed by atoms with van der Waals surface area (Å²) in [5, 5.41) is 3.29. The fourth-order valence-corrected chi connectivity index (χ4v) is 2.62. The van der Waals surface area contributed by atoms with Crippen LogP contribution in [-0.4, -0.2) is 49.2 Å². The van der Waals surface area contributed by atoms with E-state index in [0.717, 1.165) is 31.7 Å². The number of anilines is 1. The van der Waals surface area contributed by atoms with Crippen molar-refractivity contribution in [2.75, 3.05) is 38.2 Å². The molecule has 1 aromatic heterocycles. The summed E-state index contributed by atoms with van der Waals surface area (Å²) < 4.78 is 5.38. The fraction of sp³-hybridized carbons (Fsp3) is 0.312. The molecular weight excluding hydrogens is 294 g/mol. The number of hydrogen-bond acceptors (Lipinski definition) is 6. The monoisotopic (exact) mass is 313 g/mol. The van der Waals surface area contributed by atoms with Crippen LogP contribution in [0.15, 0.2) is 30.5 Å². The van der Waals surface area contributed by atoms with Crippen LogP contribution in [0.3, 0.4) is 0 Å². The Kier molecular flexibility index (Phi) is 4.38. The number of nitrogens with two attached hydrogens (primary N) is 1. The first-order chi connectivity index (χ1) is 11.2. The standard InChI is InChI=1S/C16H19N5O2/c1-23-13-5-3-2-4-11(13)14-12(15(17)22)10-19-16(20-14)21-8-6-18-7-9-21/h2-5,10,18H,6-9H2,1H3,(H2,17,22). The Labute approximate surface area is 134 Å². The molecule has 0 spiro atoms. The molecule has 0 unspecified atom stereocenters. The largest absolute Gasteiger partial charge is 0.496 e. The van der Waals surface area contributed by atoms with Crippen LogP contribution in [0.25, 0.3) is 11.3 Å². The Morgan fingerprint density at radius 2 is 2.04 bits per heavy atom. The lowest BCUT2D eigenvalue weighted by molar-refractivity contribution is 0.100. The van der Waals surface area contributed by atoms with Crippen LogP contribution < -0.4 is 20.7 Å². The topological polar surface area (TPSA) is 93.4 Å². The van der Waals surface area contributed by atoms with Crippen LogP contribution in [0.1, 0.15) is 10.4 Å². The number of benzene rings is 1. The van der Waals surface area contributed by atoms with Gasteiger partial charge in [-0.05, 0) is 12.1 Å². The molecular formula is C16H19N5O2. The van der Waals surface area contributed by atoms with E-state index in [9.17, 15) is 4.79 Å². The summed E-state index contributed by atoms with van der Waals surface area (Å²) in [6.07, 6.45) is 1.49. The van der Waals surface area contributed by atoms with Crippen LogP contribution in [0.4, 0.5) is 5.95 Å². The van der Waals surface area contributed by atoms with E-state index in [0.29, 0.717) is 17.4 Å². The number of nitrogens with zero attached hydrogens (tertiary/aromatic N) is 3. The SMILES string of the molecule is COc1ccccc1-c1nc(N2CCNCC2)ncc1C(N)=O. The van der Waals surface area contributed by atoms with E-state index in [-0.39, 0.29) is 5.56 Å². The zero-order chi connectivity index (χ0) is 16.2. The number of nitrogens with one attached hydrogen (secondary N) is 1. The highest BCUT2D eigenvalue weighted by atomic mass is 16.5. The second-order valence-corrected chi connectivity index (χ2v) is 5.23. The molecule has 3 rings (SSSR count). The number of amides is 1. The lowest BCUT2D eigenvalue weighted by Crippen LogP contribution is -2.44. The number of para-hydroxylation sites is 1. The molecule has 1 amide bonds. The van der Waals surface area contributed by atoms with Gasteiger partial charge in [0.15, 0.2) is 0 Å². The lowest BCUT2D eigenvalue weighted by atomic mass is 10.1. The van der Waals surface area contributed by atoms with Crippen LogP contribution >= 0.6 is 0 Å². The zero-order valence-electron chi connectivity index (χ0n) is 13.0. The first-order valence-electron chi connectivity index (χ1n) is 7.46. The molecule has 1 fully saturated rings. The summed E-state index contributed by atoms with van der Waals surface area (Å²) in [6.45, 7) is 3.40. The van der Waals surface area contributed by atoms with Crippen LogP contribution in [0.2, 0.25) is 0 Å². The molecule has 7 heteroatoms. The van der Waals surface area contributed by atoms with Gasteiger partial charge in [-0.15, -0.1) is 0 Å². The van der Waals surface area contributed by atoms with E-state index < -0.39 is 5.91 Å². The molecule has 0 saturated carbocycles. The Morgan fingerprint density at radius 1 is 1.30 bits per heavy atom. The number of hydrogen-bond donors (Lipinski definition) is 2. The van der Waals surface area contributed by atoms with Gasteiger partial charge >= 0.3 is 0 Å². The number of methoxy groups -OCH3 is 1. The Balaban J connectivity index is 2.10. The Bertz CT molecular complexity index is 713. The molecule has 0 radical (unpaired) electrons. The van der Waals surface area contributed by atoms with Crippen molar-refractivity contribution < 1.29 is 9.53 Å². The predicted molar refractivity (Wildman–Crippen MR) is 87.6 cm³/mol. The Hall–Kier alpha value is -2.67. The molecule has 3 N–H and O–H groups in total. The van der Waals surface area contributed by atoms with Crippen molar-refractivity contribution in [3.63, 3.8) is 0 Å². The quantitative estimate of drug-likeness (QED) is 0.861. The first kappa shape index (κ1) is 15.2. The van der Waals surface area contributed by atoms with E-state index in [1.807, 2.05) is 24.3 Å². The molecule has 1 saturated heterocycles. The summed E-state index contributed by atoms with van der Waals surface area (Å²) in [4.78, 5) is 22.8. The number of carbonyl (C=O) groups is 1. The van der Waals surface area contributed by atoms with Gasteiger partial charge in [-0.3, -0.25) is 4.79 Å². The molecule has 1 aliphatic rings. The third kappa shape index (κ3) is 3.09. The third-order valence-corrected chi connectivity index (χ3v) is 3.80. The maximum atomic E-state index is 11.8. The summed E-state index contributed by atoms with van der Waals surface area (Å²) in [5.74, 6) is 0.676. The second kappa shape index (κ2) is 6.62. The third-order valence-electron chi connectivity index (χ3n) is 3.80. The predicted octanol–water partition coefficient (Wildman–Crippen LogP) is 0.661. The van der Waals surface area contributed by atoms with Gasteiger partial charge < -0.3 is 20.7 Å². The van der Waals surface area contributed by atoms with Crippen molar-refractivity contribution in [1.29, 1.82) is 0 Å². The number of rotatable bonds is 4. The molecule has 120 valence electrons. The average Bonchev–Trinajstić information content (AvgIpc) is 2.61. The van der Waals surface area contributed by atoms with Crippen LogP contribution in [0.5, 0.6) is 5.75 Å². The number of piperazine rings is 1. The van der Waals surface area contributed by atoms with Gasteiger partial charge in [-0.25, -0.2) is 9.97 Å². The summed E-state index contributed by atoms with van der Waals surface area (Å²) >= 11 is 0. The van der Waals surface area contributed by atoms with Crippen molar-refractivity contribution >= 4 is 11.9 Å². The minimum atomic E-state index is -0.558. The van der Waals surface area contributed by atoms with Crippen molar-refractivity contribution in [2.45, 2.75) is 0 Å². The fourth-order valence-electron chi connectivity index (χ4n) is 2.62. The molecule has 0 bridgehead atoms. The maximum absolute atomic E-state index is 11.8. The smallest absolute Gasteiger partial charge is 0.252 e. The zero-order valence-corrected chi connectivity index (χ0v) is 13.0. The van der Waals surface area contributed by atoms with Gasteiger partial charge in [0, 0.05) is 37.9 Å². The lowest BCUT2D eigenvalue weighted by Gasteiger charge is -2.27. The highest BCUT2D eigenvalue weighted by Gasteiger charge is 2.20. The van der Waals surface area contributed by atoms with E-state index in [1.165, 1.54) is 6.20 Å². The molecule has 2 aromatic rings. The number of aromatic nitrogens is 2. The van der Waals surface area contributed by atoms with Crippen molar-refractivity contribution in [3.05, 3.63) is 36.0 Å². The van der Waals surface area contributed by atoms with Gasteiger partial charge in [-0.2, -0.15) is 0 Å².